The second-order valence-corrected chi connectivity index (χ2v) is 11.1. The Morgan fingerprint density at radius 3 is 2.47 bits per heavy atom. The van der Waals surface area contributed by atoms with Crippen molar-refractivity contribution in [3.8, 4) is 5.75 Å². The average molecular weight is 501 g/mol. The van der Waals surface area contributed by atoms with E-state index in [9.17, 15) is 18.8 Å². The molecule has 0 saturated carbocycles. The maximum Gasteiger partial charge on any atom is 0.251 e. The quantitative estimate of drug-likeness (QED) is 0.610. The first-order valence-corrected chi connectivity index (χ1v) is 12.1. The molecule has 1 aliphatic heterocycles. The number of pyridine rings is 1. The van der Waals surface area contributed by atoms with Gasteiger partial charge in [-0.2, -0.15) is 0 Å². The van der Waals surface area contributed by atoms with Crippen LogP contribution in [0.1, 0.15) is 52.7 Å². The number of carbonyl (C=O) groups is 2. The minimum Gasteiger partial charge on any atom is -0.496 e. The molecule has 2 aromatic rings. The van der Waals surface area contributed by atoms with E-state index in [0.29, 0.717) is 23.5 Å². The van der Waals surface area contributed by atoms with Gasteiger partial charge in [0.25, 0.3) is 5.56 Å². The van der Waals surface area contributed by atoms with Gasteiger partial charge in [0.1, 0.15) is 17.6 Å². The Bertz CT molecular complexity index is 1220. The van der Waals surface area contributed by atoms with Crippen LogP contribution in [0.2, 0.25) is 0 Å². The molecule has 196 valence electrons. The predicted molar refractivity (Wildman–Crippen MR) is 138 cm³/mol. The van der Waals surface area contributed by atoms with E-state index in [-0.39, 0.29) is 23.9 Å². The Hall–Kier alpha value is -3.20. The Morgan fingerprint density at radius 1 is 1.22 bits per heavy atom. The van der Waals surface area contributed by atoms with Gasteiger partial charge < -0.3 is 24.8 Å². The second-order valence-electron chi connectivity index (χ2n) is 11.1. The molecule has 1 aliphatic rings. The topological polar surface area (TPSA) is 92.7 Å². The standard InChI is InChI=1S/C27H37FN4O4/c1-16(29-7)24(34)30-23(26(2,3)4)25(35)32-15-27(5,6)19-12-22(33)31(14-20(19)32)13-17-9-10-18(28)11-21(17)36-8/h9-12,14,16,23,29H,13,15H2,1-8H3,(H,30,34)/t16-,23+/m0/s1. The van der Waals surface area contributed by atoms with Gasteiger partial charge in [-0.3, -0.25) is 14.4 Å². The first-order chi connectivity index (χ1) is 16.7. The zero-order chi connectivity index (χ0) is 27.0. The lowest BCUT2D eigenvalue weighted by atomic mass is 9.85. The average Bonchev–Trinajstić information content (AvgIpc) is 3.06. The summed E-state index contributed by atoms with van der Waals surface area (Å²) < 4.78 is 20.4. The number of amides is 2. The van der Waals surface area contributed by atoms with Crippen LogP contribution >= 0.6 is 0 Å². The number of ether oxygens (including phenoxy) is 1. The molecular formula is C27H37FN4O4. The third-order valence-electron chi connectivity index (χ3n) is 6.76. The molecule has 0 saturated heterocycles. The molecular weight excluding hydrogens is 463 g/mol. The highest BCUT2D eigenvalue weighted by Crippen LogP contribution is 2.40. The van der Waals surface area contributed by atoms with Crippen LogP contribution < -0.4 is 25.8 Å². The number of methoxy groups -OCH3 is 1. The van der Waals surface area contributed by atoms with E-state index < -0.39 is 28.7 Å². The zero-order valence-corrected chi connectivity index (χ0v) is 22.4. The summed E-state index contributed by atoms with van der Waals surface area (Å²) in [4.78, 5) is 41.3. The number of rotatable bonds is 7. The van der Waals surface area contributed by atoms with Crippen LogP contribution in [0.4, 0.5) is 10.1 Å². The van der Waals surface area contributed by atoms with Gasteiger partial charge in [0.15, 0.2) is 0 Å². The van der Waals surface area contributed by atoms with Gasteiger partial charge in [0, 0.05) is 35.9 Å². The van der Waals surface area contributed by atoms with E-state index in [0.717, 1.165) is 5.56 Å². The zero-order valence-electron chi connectivity index (χ0n) is 22.4. The minimum atomic E-state index is -0.778. The fraction of sp³-hybridized carbons (Fsp3) is 0.519. The molecule has 2 heterocycles. The summed E-state index contributed by atoms with van der Waals surface area (Å²) in [6.45, 7) is 11.9. The van der Waals surface area contributed by atoms with Crippen molar-refractivity contribution in [1.82, 2.24) is 15.2 Å². The number of likely N-dealkylation sites (N-methyl/N-ethyl adjacent to an activating group) is 1. The molecule has 0 bridgehead atoms. The lowest BCUT2D eigenvalue weighted by molar-refractivity contribution is -0.130. The van der Waals surface area contributed by atoms with E-state index in [1.165, 1.54) is 23.8 Å². The van der Waals surface area contributed by atoms with Crippen molar-refractivity contribution < 1.29 is 18.7 Å². The molecule has 1 aromatic carbocycles. The minimum absolute atomic E-state index is 0.150. The highest BCUT2D eigenvalue weighted by molar-refractivity contribution is 6.02. The molecule has 0 radical (unpaired) electrons. The molecule has 2 atom stereocenters. The fourth-order valence-electron chi connectivity index (χ4n) is 4.44. The fourth-order valence-corrected chi connectivity index (χ4v) is 4.44. The lowest BCUT2D eigenvalue weighted by Gasteiger charge is -2.34. The maximum absolute atomic E-state index is 13.9. The molecule has 2 N–H and O–H groups in total. The number of nitrogens with zero attached hydrogens (tertiary/aromatic N) is 2. The number of carbonyl (C=O) groups excluding carboxylic acids is 2. The number of halogens is 1. The van der Waals surface area contributed by atoms with Gasteiger partial charge in [-0.15, -0.1) is 0 Å². The molecule has 8 nitrogen and oxygen atoms in total. The Kier molecular flexibility index (Phi) is 7.64. The van der Waals surface area contributed by atoms with Crippen LogP contribution in [0.25, 0.3) is 0 Å². The van der Waals surface area contributed by atoms with Crippen LogP contribution in [0, 0.1) is 11.2 Å². The van der Waals surface area contributed by atoms with Crippen molar-refractivity contribution >= 4 is 17.5 Å². The lowest BCUT2D eigenvalue weighted by Crippen LogP contribution is -2.57. The van der Waals surface area contributed by atoms with Gasteiger partial charge in [-0.05, 0) is 31.0 Å². The van der Waals surface area contributed by atoms with Crippen LogP contribution in [-0.4, -0.2) is 49.2 Å². The summed E-state index contributed by atoms with van der Waals surface area (Å²) in [7, 11) is 3.13. The van der Waals surface area contributed by atoms with Crippen molar-refractivity contribution in [3.63, 3.8) is 0 Å². The third kappa shape index (κ3) is 5.46. The van der Waals surface area contributed by atoms with E-state index in [4.69, 9.17) is 4.74 Å². The monoisotopic (exact) mass is 500 g/mol. The van der Waals surface area contributed by atoms with Crippen molar-refractivity contribution in [2.24, 2.45) is 5.41 Å². The largest absolute Gasteiger partial charge is 0.496 e. The predicted octanol–water partition coefficient (Wildman–Crippen LogP) is 2.81. The van der Waals surface area contributed by atoms with Crippen LogP contribution in [0.5, 0.6) is 5.75 Å². The van der Waals surface area contributed by atoms with Crippen LogP contribution in [0.3, 0.4) is 0 Å². The van der Waals surface area contributed by atoms with E-state index >= 15 is 0 Å². The Labute approximate surface area is 211 Å². The molecule has 1 aromatic heterocycles. The molecule has 0 spiro atoms. The first kappa shape index (κ1) is 27.4. The molecule has 0 aliphatic carbocycles. The van der Waals surface area contributed by atoms with E-state index in [1.54, 1.807) is 37.2 Å². The number of benzene rings is 1. The van der Waals surface area contributed by atoms with Crippen molar-refractivity contribution in [1.29, 1.82) is 0 Å². The number of hydrogen-bond acceptors (Lipinski definition) is 5. The normalized spacial score (nSPS) is 16.3. The highest BCUT2D eigenvalue weighted by atomic mass is 19.1. The van der Waals surface area contributed by atoms with E-state index in [1.807, 2.05) is 34.6 Å². The molecule has 9 heteroatoms. The molecule has 0 unspecified atom stereocenters. The first-order valence-electron chi connectivity index (χ1n) is 12.1. The van der Waals surface area contributed by atoms with Crippen LogP contribution in [-0.2, 0) is 21.5 Å². The molecule has 36 heavy (non-hydrogen) atoms. The number of hydrogen-bond donors (Lipinski definition) is 2. The van der Waals surface area contributed by atoms with Gasteiger partial charge in [-0.25, -0.2) is 4.39 Å². The van der Waals surface area contributed by atoms with E-state index in [2.05, 4.69) is 10.6 Å². The molecule has 0 fully saturated rings. The smallest absolute Gasteiger partial charge is 0.251 e. The summed E-state index contributed by atoms with van der Waals surface area (Å²) in [6.07, 6.45) is 1.67. The van der Waals surface area contributed by atoms with Crippen molar-refractivity contribution in [2.75, 3.05) is 25.6 Å². The summed E-state index contributed by atoms with van der Waals surface area (Å²) in [6, 6.07) is 4.50. The Balaban J connectivity index is 2.03. The van der Waals surface area contributed by atoms with Crippen molar-refractivity contribution in [2.45, 2.75) is 65.6 Å². The third-order valence-corrected chi connectivity index (χ3v) is 6.76. The van der Waals surface area contributed by atoms with Crippen molar-refractivity contribution in [3.05, 3.63) is 57.8 Å². The van der Waals surface area contributed by atoms with Gasteiger partial charge in [0.2, 0.25) is 11.8 Å². The number of nitrogens with one attached hydrogen (secondary N) is 2. The van der Waals surface area contributed by atoms with Gasteiger partial charge in [-0.1, -0.05) is 40.7 Å². The summed E-state index contributed by atoms with van der Waals surface area (Å²) >= 11 is 0. The van der Waals surface area contributed by atoms with Crippen LogP contribution in [0.15, 0.2) is 35.3 Å². The summed E-state index contributed by atoms with van der Waals surface area (Å²) in [5, 5.41) is 5.82. The van der Waals surface area contributed by atoms with Gasteiger partial charge >= 0.3 is 0 Å². The summed E-state index contributed by atoms with van der Waals surface area (Å²) in [5.74, 6) is -0.600. The molecule has 2 amide bonds. The SMILES string of the molecule is CN[C@@H](C)C(=O)N[C@H](C(=O)N1CC(C)(C)c2cc(=O)n(Cc3ccc(F)cc3OC)cc21)C(C)(C)C. The number of fused-ring (bicyclic) bond motifs is 1. The van der Waals surface area contributed by atoms with Gasteiger partial charge in [0.05, 0.1) is 25.4 Å². The Morgan fingerprint density at radius 2 is 1.89 bits per heavy atom. The second kappa shape index (κ2) is 10.0. The maximum atomic E-state index is 13.9. The highest BCUT2D eigenvalue weighted by Gasteiger charge is 2.44. The number of aromatic nitrogens is 1. The summed E-state index contributed by atoms with van der Waals surface area (Å²) in [5.41, 5.74) is 0.787. The molecule has 3 rings (SSSR count). The number of anilines is 1.